The first-order valence-electron chi connectivity index (χ1n) is 5.42. The largest absolute Gasteiger partial charge is 0.464 e. The van der Waals surface area contributed by atoms with E-state index in [0.29, 0.717) is 15.1 Å². The summed E-state index contributed by atoms with van der Waals surface area (Å²) >= 11 is 9.10. The molecule has 0 saturated heterocycles. The van der Waals surface area contributed by atoms with Crippen LogP contribution in [0.1, 0.15) is 20.8 Å². The van der Waals surface area contributed by atoms with Gasteiger partial charge in [-0.25, -0.2) is 4.79 Å². The highest BCUT2D eigenvalue weighted by atomic mass is 79.9. The van der Waals surface area contributed by atoms with Crippen molar-refractivity contribution in [3.05, 3.63) is 45.0 Å². The van der Waals surface area contributed by atoms with E-state index < -0.39 is 11.9 Å². The highest BCUT2D eigenvalue weighted by Gasteiger charge is 2.20. The van der Waals surface area contributed by atoms with E-state index in [1.807, 2.05) is 0 Å². The van der Waals surface area contributed by atoms with Crippen molar-refractivity contribution >= 4 is 45.2 Å². The predicted molar refractivity (Wildman–Crippen MR) is 77.0 cm³/mol. The van der Waals surface area contributed by atoms with Gasteiger partial charge in [0.15, 0.2) is 5.69 Å². The maximum atomic E-state index is 12.1. The van der Waals surface area contributed by atoms with E-state index in [4.69, 9.17) is 11.6 Å². The summed E-state index contributed by atoms with van der Waals surface area (Å²) in [6.07, 6.45) is 0. The van der Waals surface area contributed by atoms with Gasteiger partial charge in [-0.15, -0.1) is 0 Å². The van der Waals surface area contributed by atoms with Crippen LogP contribution in [0.15, 0.2) is 28.7 Å². The molecule has 0 aliphatic rings. The number of aromatic amines is 1. The molecule has 0 atom stereocenters. The minimum atomic E-state index is -0.619. The quantitative estimate of drug-likeness (QED) is 0.826. The molecule has 0 spiro atoms. The average Bonchev–Trinajstić information content (AvgIpc) is 2.80. The summed E-state index contributed by atoms with van der Waals surface area (Å²) in [5.74, 6) is -0.793. The molecule has 104 valence electrons. The van der Waals surface area contributed by atoms with Gasteiger partial charge in [0.2, 0.25) is 0 Å². The van der Waals surface area contributed by atoms with Gasteiger partial charge in [0.05, 0.1) is 22.2 Å². The van der Waals surface area contributed by atoms with E-state index in [-0.39, 0.29) is 11.5 Å². The second-order valence-electron chi connectivity index (χ2n) is 3.69. The third-order valence-corrected chi connectivity index (χ3v) is 3.54. The molecule has 0 saturated carbocycles. The van der Waals surface area contributed by atoms with E-state index >= 15 is 0 Å². The first-order valence-corrected chi connectivity index (χ1v) is 6.59. The van der Waals surface area contributed by atoms with E-state index in [0.717, 1.165) is 0 Å². The van der Waals surface area contributed by atoms with Crippen LogP contribution in [-0.2, 0) is 4.74 Å². The van der Waals surface area contributed by atoms with Gasteiger partial charge >= 0.3 is 5.97 Å². The van der Waals surface area contributed by atoms with E-state index in [2.05, 4.69) is 36.2 Å². The van der Waals surface area contributed by atoms with Crippen LogP contribution in [0.4, 0.5) is 5.82 Å². The molecule has 0 bridgehead atoms. The smallest absolute Gasteiger partial charge is 0.359 e. The lowest BCUT2D eigenvalue weighted by molar-refractivity contribution is 0.0593. The maximum Gasteiger partial charge on any atom is 0.359 e. The zero-order valence-electron chi connectivity index (χ0n) is 10.2. The molecule has 0 fully saturated rings. The summed E-state index contributed by atoms with van der Waals surface area (Å²) in [6.45, 7) is 0. The van der Waals surface area contributed by atoms with Crippen molar-refractivity contribution in [3.63, 3.8) is 0 Å². The molecule has 6 nitrogen and oxygen atoms in total. The number of hydrogen-bond acceptors (Lipinski definition) is 4. The van der Waals surface area contributed by atoms with Gasteiger partial charge in [0.25, 0.3) is 5.91 Å². The molecule has 1 amide bonds. The van der Waals surface area contributed by atoms with Crippen LogP contribution in [0, 0.1) is 0 Å². The summed E-state index contributed by atoms with van der Waals surface area (Å²) < 4.78 is 4.86. The Morgan fingerprint density at radius 3 is 2.75 bits per heavy atom. The molecule has 2 aromatic rings. The number of methoxy groups -OCH3 is 1. The predicted octanol–water partition coefficient (Wildman–Crippen LogP) is 2.86. The van der Waals surface area contributed by atoms with E-state index in [1.54, 1.807) is 24.3 Å². The lowest BCUT2D eigenvalue weighted by Crippen LogP contribution is -2.13. The summed E-state index contributed by atoms with van der Waals surface area (Å²) in [5.41, 5.74) is 0.359. The molecule has 0 aliphatic heterocycles. The highest BCUT2D eigenvalue weighted by molar-refractivity contribution is 9.10. The van der Waals surface area contributed by atoms with Crippen LogP contribution in [0.3, 0.4) is 0 Å². The first-order chi connectivity index (χ1) is 9.54. The standard InChI is InChI=1S/C12H9BrClN3O3/c1-20-12(19)9-8(13)10(17-16-9)15-11(18)6-4-2-3-5-7(6)14/h2-5H,1H3,(H2,15,16,17,18). The monoisotopic (exact) mass is 357 g/mol. The molecular formula is C12H9BrClN3O3. The number of amides is 1. The number of ether oxygens (including phenoxy) is 1. The van der Waals surface area contributed by atoms with Crippen LogP contribution >= 0.6 is 27.5 Å². The third-order valence-electron chi connectivity index (χ3n) is 2.44. The number of esters is 1. The minimum Gasteiger partial charge on any atom is -0.464 e. The second-order valence-corrected chi connectivity index (χ2v) is 4.89. The lowest BCUT2D eigenvalue weighted by atomic mass is 10.2. The van der Waals surface area contributed by atoms with Gasteiger partial charge in [-0.3, -0.25) is 9.89 Å². The number of hydrogen-bond donors (Lipinski definition) is 2. The Morgan fingerprint density at radius 2 is 2.10 bits per heavy atom. The first kappa shape index (κ1) is 14.5. The highest BCUT2D eigenvalue weighted by Crippen LogP contribution is 2.25. The molecule has 0 unspecified atom stereocenters. The van der Waals surface area contributed by atoms with Crippen LogP contribution < -0.4 is 5.32 Å². The Labute approximate surface area is 127 Å². The average molecular weight is 359 g/mol. The Kier molecular flexibility index (Phi) is 4.41. The van der Waals surface area contributed by atoms with Crippen molar-refractivity contribution in [2.24, 2.45) is 0 Å². The van der Waals surface area contributed by atoms with Crippen molar-refractivity contribution < 1.29 is 14.3 Å². The number of rotatable bonds is 3. The lowest BCUT2D eigenvalue weighted by Gasteiger charge is -2.04. The van der Waals surface area contributed by atoms with Gasteiger partial charge < -0.3 is 10.1 Å². The molecule has 0 radical (unpaired) electrons. The Bertz CT molecular complexity index is 672. The van der Waals surface area contributed by atoms with Gasteiger partial charge in [0.1, 0.15) is 5.82 Å². The molecular weight excluding hydrogens is 350 g/mol. The molecule has 2 N–H and O–H groups in total. The fourth-order valence-electron chi connectivity index (χ4n) is 1.47. The molecule has 8 heteroatoms. The SMILES string of the molecule is COC(=O)c1n[nH]c(NC(=O)c2ccccc2Cl)c1Br. The molecule has 2 rings (SSSR count). The van der Waals surface area contributed by atoms with Gasteiger partial charge in [-0.2, -0.15) is 5.10 Å². The number of H-pyrrole nitrogens is 1. The summed E-state index contributed by atoms with van der Waals surface area (Å²) in [6, 6.07) is 6.62. The van der Waals surface area contributed by atoms with Gasteiger partial charge in [-0.05, 0) is 28.1 Å². The van der Waals surface area contributed by atoms with Crippen molar-refractivity contribution in [2.45, 2.75) is 0 Å². The van der Waals surface area contributed by atoms with Crippen LogP contribution in [0.25, 0.3) is 0 Å². The van der Waals surface area contributed by atoms with Crippen LogP contribution in [-0.4, -0.2) is 29.2 Å². The second kappa shape index (κ2) is 6.06. The van der Waals surface area contributed by atoms with Crippen LogP contribution in [0.2, 0.25) is 5.02 Å². The van der Waals surface area contributed by atoms with Gasteiger partial charge in [0, 0.05) is 0 Å². The maximum absolute atomic E-state index is 12.1. The van der Waals surface area contributed by atoms with Crippen molar-refractivity contribution in [2.75, 3.05) is 12.4 Å². The number of nitrogens with one attached hydrogen (secondary N) is 2. The fraction of sp³-hybridized carbons (Fsp3) is 0.0833. The third kappa shape index (κ3) is 2.83. The topological polar surface area (TPSA) is 84.1 Å². The number of halogens is 2. The molecule has 0 aliphatic carbocycles. The van der Waals surface area contributed by atoms with Gasteiger partial charge in [-0.1, -0.05) is 23.7 Å². The number of carbonyl (C=O) groups is 2. The number of carbonyl (C=O) groups excluding carboxylic acids is 2. The van der Waals surface area contributed by atoms with Crippen molar-refractivity contribution in [1.29, 1.82) is 0 Å². The number of nitrogens with zero attached hydrogens (tertiary/aromatic N) is 1. The molecule has 1 aromatic heterocycles. The zero-order chi connectivity index (χ0) is 14.7. The van der Waals surface area contributed by atoms with Crippen molar-refractivity contribution in [3.8, 4) is 0 Å². The summed E-state index contributed by atoms with van der Waals surface area (Å²) in [4.78, 5) is 23.4. The zero-order valence-corrected chi connectivity index (χ0v) is 12.6. The summed E-state index contributed by atoms with van der Waals surface area (Å²) in [7, 11) is 1.24. The number of benzene rings is 1. The van der Waals surface area contributed by atoms with E-state index in [1.165, 1.54) is 7.11 Å². The molecule has 20 heavy (non-hydrogen) atoms. The molecule has 1 heterocycles. The van der Waals surface area contributed by atoms with E-state index in [9.17, 15) is 9.59 Å². The number of anilines is 1. The molecule has 1 aromatic carbocycles. The normalized spacial score (nSPS) is 10.2. The Balaban J connectivity index is 2.23. The fourth-order valence-corrected chi connectivity index (χ4v) is 2.13. The minimum absolute atomic E-state index is 0.0435. The Morgan fingerprint density at radius 1 is 1.40 bits per heavy atom. The summed E-state index contributed by atoms with van der Waals surface area (Å²) in [5, 5.41) is 9.20. The number of aromatic nitrogens is 2. The van der Waals surface area contributed by atoms with Crippen LogP contribution in [0.5, 0.6) is 0 Å². The van der Waals surface area contributed by atoms with Crippen molar-refractivity contribution in [1.82, 2.24) is 10.2 Å². The Hall–Kier alpha value is -1.86.